The van der Waals surface area contributed by atoms with Crippen LogP contribution in [0.25, 0.3) is 0 Å². The van der Waals surface area contributed by atoms with Crippen LogP contribution in [0.15, 0.2) is 18.2 Å². The summed E-state index contributed by atoms with van der Waals surface area (Å²) in [5, 5.41) is -0.530. The molecular formula is C11H16N2O3S2. The highest BCUT2D eigenvalue weighted by Gasteiger charge is 2.18. The first-order valence-corrected chi connectivity index (χ1v) is 7.23. The number of hydrogen-bond donors (Lipinski definition) is 2. The van der Waals surface area contributed by atoms with Gasteiger partial charge in [-0.15, -0.1) is 0 Å². The van der Waals surface area contributed by atoms with Gasteiger partial charge in [0.05, 0.1) is 18.0 Å². The monoisotopic (exact) mass is 288 g/mol. The van der Waals surface area contributed by atoms with Crippen molar-refractivity contribution in [1.82, 2.24) is 0 Å². The number of methoxy groups -OCH3 is 1. The van der Waals surface area contributed by atoms with E-state index in [-0.39, 0.29) is 4.99 Å². The van der Waals surface area contributed by atoms with Crippen LogP contribution in [-0.4, -0.2) is 25.8 Å². The lowest BCUT2D eigenvalue weighted by molar-refractivity contribution is 0.417. The largest absolute Gasteiger partial charge is 0.495 e. The van der Waals surface area contributed by atoms with Gasteiger partial charge in [-0.2, -0.15) is 0 Å². The van der Waals surface area contributed by atoms with Crippen LogP contribution in [0.1, 0.15) is 19.4 Å². The minimum Gasteiger partial charge on any atom is -0.495 e. The Morgan fingerprint density at radius 1 is 1.44 bits per heavy atom. The predicted molar refractivity (Wildman–Crippen MR) is 76.6 cm³/mol. The van der Waals surface area contributed by atoms with Crippen molar-refractivity contribution in [2.45, 2.75) is 19.1 Å². The summed E-state index contributed by atoms with van der Waals surface area (Å²) in [4.78, 5) is 0.228. The second-order valence-electron chi connectivity index (χ2n) is 3.98. The van der Waals surface area contributed by atoms with Crippen LogP contribution in [0, 0.1) is 0 Å². The fourth-order valence-corrected chi connectivity index (χ4v) is 2.04. The molecular weight excluding hydrogens is 272 g/mol. The molecule has 1 aromatic rings. The SMILES string of the molecule is COc1cc(C(N)=S)ccc1NS(=O)(=O)C(C)C. The second kappa shape index (κ2) is 5.53. The average Bonchev–Trinajstić information content (AvgIpc) is 2.28. The molecule has 0 aromatic heterocycles. The van der Waals surface area contributed by atoms with Crippen LogP contribution < -0.4 is 15.2 Å². The molecule has 0 aliphatic carbocycles. The highest BCUT2D eigenvalue weighted by Crippen LogP contribution is 2.27. The Bertz CT molecular complexity index is 553. The van der Waals surface area contributed by atoms with E-state index in [1.807, 2.05) is 0 Å². The number of benzene rings is 1. The van der Waals surface area contributed by atoms with Gasteiger partial charge in [-0.3, -0.25) is 4.72 Å². The number of sulfonamides is 1. The van der Waals surface area contributed by atoms with Gasteiger partial charge in [0.15, 0.2) is 0 Å². The van der Waals surface area contributed by atoms with E-state index in [2.05, 4.69) is 4.72 Å². The quantitative estimate of drug-likeness (QED) is 0.802. The fraction of sp³-hybridized carbons (Fsp3) is 0.364. The predicted octanol–water partition coefficient (Wildman–Crippen LogP) is 1.48. The smallest absolute Gasteiger partial charge is 0.235 e. The maximum Gasteiger partial charge on any atom is 0.235 e. The van der Waals surface area contributed by atoms with Gasteiger partial charge < -0.3 is 10.5 Å². The van der Waals surface area contributed by atoms with Gasteiger partial charge in [0.2, 0.25) is 10.0 Å². The normalized spacial score (nSPS) is 11.3. The van der Waals surface area contributed by atoms with E-state index in [1.54, 1.807) is 32.0 Å². The molecule has 1 aromatic carbocycles. The maximum absolute atomic E-state index is 11.8. The van der Waals surface area contributed by atoms with Gasteiger partial charge >= 0.3 is 0 Å². The summed E-state index contributed by atoms with van der Waals surface area (Å²) in [6.45, 7) is 3.19. The summed E-state index contributed by atoms with van der Waals surface area (Å²) in [7, 11) is -1.96. The van der Waals surface area contributed by atoms with Crippen molar-refractivity contribution in [3.63, 3.8) is 0 Å². The molecule has 0 amide bonds. The molecule has 0 saturated carbocycles. The molecule has 0 spiro atoms. The van der Waals surface area contributed by atoms with Crippen LogP contribution in [0.4, 0.5) is 5.69 Å². The van der Waals surface area contributed by atoms with Crippen molar-refractivity contribution in [1.29, 1.82) is 0 Å². The Morgan fingerprint density at radius 2 is 2.06 bits per heavy atom. The maximum atomic E-state index is 11.8. The Labute approximate surface area is 112 Å². The van der Waals surface area contributed by atoms with E-state index in [9.17, 15) is 8.42 Å². The molecule has 0 atom stereocenters. The van der Waals surface area contributed by atoms with E-state index >= 15 is 0 Å². The lowest BCUT2D eigenvalue weighted by Gasteiger charge is -2.14. The van der Waals surface area contributed by atoms with Gasteiger partial charge in [-0.25, -0.2) is 8.42 Å². The van der Waals surface area contributed by atoms with Gasteiger partial charge in [0.1, 0.15) is 10.7 Å². The minimum atomic E-state index is -3.41. The van der Waals surface area contributed by atoms with Gasteiger partial charge in [0, 0.05) is 5.56 Å². The molecule has 3 N–H and O–H groups in total. The summed E-state index contributed by atoms with van der Waals surface area (Å²) in [6.07, 6.45) is 0. The zero-order valence-electron chi connectivity index (χ0n) is 10.4. The third-order valence-corrected chi connectivity index (χ3v) is 4.34. The molecule has 18 heavy (non-hydrogen) atoms. The van der Waals surface area contributed by atoms with Crippen LogP contribution in [0.3, 0.4) is 0 Å². The van der Waals surface area contributed by atoms with Crippen molar-refractivity contribution in [2.75, 3.05) is 11.8 Å². The van der Waals surface area contributed by atoms with Crippen LogP contribution >= 0.6 is 12.2 Å². The van der Waals surface area contributed by atoms with Crippen molar-refractivity contribution >= 4 is 32.9 Å². The first-order chi connectivity index (χ1) is 8.27. The molecule has 7 heteroatoms. The van der Waals surface area contributed by atoms with E-state index < -0.39 is 15.3 Å². The molecule has 0 bridgehead atoms. The van der Waals surface area contributed by atoms with Crippen molar-refractivity contribution in [3.8, 4) is 5.75 Å². The van der Waals surface area contributed by atoms with Crippen LogP contribution in [0.2, 0.25) is 0 Å². The number of thiocarbonyl (C=S) groups is 1. The molecule has 0 heterocycles. The van der Waals surface area contributed by atoms with Crippen molar-refractivity contribution in [2.24, 2.45) is 5.73 Å². The molecule has 0 aliphatic rings. The Hall–Kier alpha value is -1.34. The highest BCUT2D eigenvalue weighted by atomic mass is 32.2. The highest BCUT2D eigenvalue weighted by molar-refractivity contribution is 7.93. The molecule has 5 nitrogen and oxygen atoms in total. The Morgan fingerprint density at radius 3 is 2.50 bits per heavy atom. The van der Waals surface area contributed by atoms with Crippen molar-refractivity contribution in [3.05, 3.63) is 23.8 Å². The molecule has 0 radical (unpaired) electrons. The van der Waals surface area contributed by atoms with Gasteiger partial charge in [-0.05, 0) is 32.0 Å². The molecule has 0 aliphatic heterocycles. The number of ether oxygens (including phenoxy) is 1. The number of rotatable bonds is 5. The number of anilines is 1. The zero-order chi connectivity index (χ0) is 13.9. The van der Waals surface area contributed by atoms with Gasteiger partial charge in [0.25, 0.3) is 0 Å². The van der Waals surface area contributed by atoms with Crippen LogP contribution in [-0.2, 0) is 10.0 Å². The Balaban J connectivity index is 3.15. The fourth-order valence-electron chi connectivity index (χ4n) is 1.20. The minimum absolute atomic E-state index is 0.228. The third-order valence-electron chi connectivity index (χ3n) is 2.36. The van der Waals surface area contributed by atoms with E-state index in [0.29, 0.717) is 17.0 Å². The molecule has 0 saturated heterocycles. The first kappa shape index (κ1) is 14.7. The summed E-state index contributed by atoms with van der Waals surface area (Å²) >= 11 is 4.85. The summed E-state index contributed by atoms with van der Waals surface area (Å²) in [6, 6.07) is 4.82. The average molecular weight is 288 g/mol. The van der Waals surface area contributed by atoms with Crippen molar-refractivity contribution < 1.29 is 13.2 Å². The topological polar surface area (TPSA) is 81.4 Å². The van der Waals surface area contributed by atoms with E-state index in [4.69, 9.17) is 22.7 Å². The van der Waals surface area contributed by atoms with E-state index in [0.717, 1.165) is 0 Å². The summed E-state index contributed by atoms with van der Waals surface area (Å²) in [5.74, 6) is 0.379. The van der Waals surface area contributed by atoms with E-state index in [1.165, 1.54) is 7.11 Å². The standard InChI is InChI=1S/C11H16N2O3S2/c1-7(2)18(14,15)13-9-5-4-8(11(12)17)6-10(9)16-3/h4-7,13H,1-3H3,(H2,12,17). The lowest BCUT2D eigenvalue weighted by atomic mass is 10.2. The second-order valence-corrected chi connectivity index (χ2v) is 6.65. The summed E-state index contributed by atoms with van der Waals surface area (Å²) in [5.41, 5.74) is 6.49. The molecule has 1 rings (SSSR count). The molecule has 100 valence electrons. The van der Waals surface area contributed by atoms with Crippen LogP contribution in [0.5, 0.6) is 5.75 Å². The molecule has 0 fully saturated rings. The number of hydrogen-bond acceptors (Lipinski definition) is 4. The first-order valence-electron chi connectivity index (χ1n) is 5.27. The summed E-state index contributed by atoms with van der Waals surface area (Å²) < 4.78 is 31.1. The lowest BCUT2D eigenvalue weighted by Crippen LogP contribution is -2.23. The Kier molecular flexibility index (Phi) is 4.53. The molecule has 0 unspecified atom stereocenters. The third kappa shape index (κ3) is 3.33. The van der Waals surface area contributed by atoms with Gasteiger partial charge in [-0.1, -0.05) is 12.2 Å². The number of nitrogens with one attached hydrogen (secondary N) is 1. The number of nitrogens with two attached hydrogens (primary N) is 1. The zero-order valence-corrected chi connectivity index (χ0v) is 12.1.